The van der Waals surface area contributed by atoms with Gasteiger partial charge in [-0.2, -0.15) is 0 Å². The minimum atomic E-state index is -0.447. The number of carbonyl (C=O) groups excluding carboxylic acids is 2. The predicted molar refractivity (Wildman–Crippen MR) is 73.5 cm³/mol. The summed E-state index contributed by atoms with van der Waals surface area (Å²) in [5, 5.41) is 2.72. The van der Waals surface area contributed by atoms with Crippen LogP contribution < -0.4 is 5.32 Å². The second kappa shape index (κ2) is 5.87. The Morgan fingerprint density at radius 2 is 2.00 bits per heavy atom. The number of hydrogen-bond donors (Lipinski definition) is 1. The van der Waals surface area contributed by atoms with E-state index in [1.807, 2.05) is 17.0 Å². The first kappa shape index (κ1) is 13.6. The molecule has 4 heteroatoms. The van der Waals surface area contributed by atoms with E-state index < -0.39 is 6.04 Å². The summed E-state index contributed by atoms with van der Waals surface area (Å²) in [7, 11) is 0. The van der Waals surface area contributed by atoms with Gasteiger partial charge in [0.2, 0.25) is 11.8 Å². The van der Waals surface area contributed by atoms with Gasteiger partial charge >= 0.3 is 0 Å². The van der Waals surface area contributed by atoms with Crippen LogP contribution in [0.2, 0.25) is 0 Å². The zero-order valence-corrected chi connectivity index (χ0v) is 11.5. The maximum absolute atomic E-state index is 12.3. The van der Waals surface area contributed by atoms with Crippen LogP contribution in [0.1, 0.15) is 31.4 Å². The molecule has 1 atom stereocenters. The number of fused-ring (bicyclic) bond motifs is 1. The lowest BCUT2D eigenvalue weighted by molar-refractivity contribution is -0.136. The van der Waals surface area contributed by atoms with Gasteiger partial charge in [0.05, 0.1) is 0 Å². The molecule has 0 aliphatic carbocycles. The van der Waals surface area contributed by atoms with Crippen LogP contribution in [0.25, 0.3) is 0 Å². The van der Waals surface area contributed by atoms with Crippen LogP contribution in [0.3, 0.4) is 0 Å². The summed E-state index contributed by atoms with van der Waals surface area (Å²) in [6, 6.07) is 7.75. The van der Waals surface area contributed by atoms with Crippen LogP contribution in [-0.4, -0.2) is 29.3 Å². The highest BCUT2D eigenvalue weighted by Gasteiger charge is 2.24. The van der Waals surface area contributed by atoms with E-state index in [-0.39, 0.29) is 11.8 Å². The Labute approximate surface area is 113 Å². The first-order valence-corrected chi connectivity index (χ1v) is 6.76. The van der Waals surface area contributed by atoms with Gasteiger partial charge in [0.15, 0.2) is 0 Å². The Kier molecular flexibility index (Phi) is 4.20. The van der Waals surface area contributed by atoms with Crippen molar-refractivity contribution in [3.8, 4) is 0 Å². The number of carbonyl (C=O) groups is 2. The molecule has 1 heterocycles. The van der Waals surface area contributed by atoms with Gasteiger partial charge in [0.1, 0.15) is 6.04 Å². The Bertz CT molecular complexity index is 485. The van der Waals surface area contributed by atoms with Crippen molar-refractivity contribution in [3.63, 3.8) is 0 Å². The lowest BCUT2D eigenvalue weighted by Gasteiger charge is -2.31. The molecule has 0 saturated carbocycles. The van der Waals surface area contributed by atoms with Gasteiger partial charge < -0.3 is 10.2 Å². The van der Waals surface area contributed by atoms with E-state index in [4.69, 9.17) is 0 Å². The molecule has 2 rings (SSSR count). The number of rotatable bonds is 3. The summed E-state index contributed by atoms with van der Waals surface area (Å²) >= 11 is 0. The quantitative estimate of drug-likeness (QED) is 0.895. The molecule has 0 spiro atoms. The van der Waals surface area contributed by atoms with Crippen molar-refractivity contribution in [2.75, 3.05) is 6.54 Å². The van der Waals surface area contributed by atoms with E-state index in [1.165, 1.54) is 11.1 Å². The van der Waals surface area contributed by atoms with Crippen molar-refractivity contribution >= 4 is 11.8 Å². The lowest BCUT2D eigenvalue weighted by atomic mass is 9.99. The Hall–Kier alpha value is -1.84. The first-order valence-electron chi connectivity index (χ1n) is 6.76. The van der Waals surface area contributed by atoms with Gasteiger partial charge in [-0.3, -0.25) is 9.59 Å². The van der Waals surface area contributed by atoms with Gasteiger partial charge in [-0.05, 0) is 24.5 Å². The van der Waals surface area contributed by atoms with Crippen LogP contribution in [0, 0.1) is 0 Å². The van der Waals surface area contributed by atoms with E-state index in [9.17, 15) is 9.59 Å². The fourth-order valence-corrected chi connectivity index (χ4v) is 2.36. The highest BCUT2D eigenvalue weighted by atomic mass is 16.2. The maximum Gasteiger partial charge on any atom is 0.245 e. The molecule has 1 aliphatic heterocycles. The molecule has 0 unspecified atom stereocenters. The number of amides is 2. The van der Waals surface area contributed by atoms with E-state index in [2.05, 4.69) is 17.4 Å². The van der Waals surface area contributed by atoms with E-state index in [1.54, 1.807) is 13.8 Å². The fourth-order valence-electron chi connectivity index (χ4n) is 2.36. The summed E-state index contributed by atoms with van der Waals surface area (Å²) in [6.07, 6.45) is 1.29. The molecule has 0 aromatic heterocycles. The first-order chi connectivity index (χ1) is 9.11. The highest BCUT2D eigenvalue weighted by Crippen LogP contribution is 2.18. The van der Waals surface area contributed by atoms with Crippen molar-refractivity contribution < 1.29 is 9.59 Å². The van der Waals surface area contributed by atoms with Crippen molar-refractivity contribution in [2.24, 2.45) is 0 Å². The summed E-state index contributed by atoms with van der Waals surface area (Å²) in [5.41, 5.74) is 2.52. The van der Waals surface area contributed by atoms with Crippen molar-refractivity contribution in [1.82, 2.24) is 10.2 Å². The number of nitrogens with one attached hydrogen (secondary N) is 1. The van der Waals surface area contributed by atoms with Gasteiger partial charge in [0.25, 0.3) is 0 Å². The monoisotopic (exact) mass is 260 g/mol. The smallest absolute Gasteiger partial charge is 0.245 e. The van der Waals surface area contributed by atoms with Crippen LogP contribution >= 0.6 is 0 Å². The molecule has 1 aromatic rings. The molecule has 0 bridgehead atoms. The molecule has 1 aliphatic rings. The fraction of sp³-hybridized carbons (Fsp3) is 0.467. The van der Waals surface area contributed by atoms with Gasteiger partial charge in [-0.1, -0.05) is 31.2 Å². The second-order valence-electron chi connectivity index (χ2n) is 4.92. The van der Waals surface area contributed by atoms with Crippen LogP contribution in [0.4, 0.5) is 0 Å². The minimum Gasteiger partial charge on any atom is -0.345 e. The van der Waals surface area contributed by atoms with Crippen LogP contribution in [0.5, 0.6) is 0 Å². The van der Waals surface area contributed by atoms with Crippen molar-refractivity contribution in [3.05, 3.63) is 35.4 Å². The second-order valence-corrected chi connectivity index (χ2v) is 4.92. The van der Waals surface area contributed by atoms with E-state index >= 15 is 0 Å². The Morgan fingerprint density at radius 3 is 2.68 bits per heavy atom. The summed E-state index contributed by atoms with van der Waals surface area (Å²) in [5.74, 6) is -0.0884. The molecule has 0 saturated heterocycles. The third kappa shape index (κ3) is 3.13. The average Bonchev–Trinajstić information content (AvgIpc) is 2.45. The van der Waals surface area contributed by atoms with Gasteiger partial charge in [0, 0.05) is 19.5 Å². The molecule has 0 fully saturated rings. The SMILES string of the molecule is CCC(=O)N[C@@H](C)C(=O)N1CCc2ccccc2C1. The largest absolute Gasteiger partial charge is 0.345 e. The predicted octanol–water partition coefficient (Wildman–Crippen LogP) is 1.49. The lowest BCUT2D eigenvalue weighted by Crippen LogP contribution is -2.48. The molecule has 4 nitrogen and oxygen atoms in total. The van der Waals surface area contributed by atoms with Gasteiger partial charge in [-0.15, -0.1) is 0 Å². The molecule has 102 valence electrons. The zero-order valence-electron chi connectivity index (χ0n) is 11.5. The number of hydrogen-bond acceptors (Lipinski definition) is 2. The van der Waals surface area contributed by atoms with Crippen LogP contribution in [-0.2, 0) is 22.6 Å². The number of benzene rings is 1. The third-order valence-corrected chi connectivity index (χ3v) is 3.51. The zero-order chi connectivity index (χ0) is 13.8. The topological polar surface area (TPSA) is 49.4 Å². The van der Waals surface area contributed by atoms with Crippen molar-refractivity contribution in [2.45, 2.75) is 39.3 Å². The molecule has 2 amide bonds. The third-order valence-electron chi connectivity index (χ3n) is 3.51. The molecule has 0 radical (unpaired) electrons. The Morgan fingerprint density at radius 1 is 1.32 bits per heavy atom. The summed E-state index contributed by atoms with van der Waals surface area (Å²) in [4.78, 5) is 25.4. The number of nitrogens with zero attached hydrogens (tertiary/aromatic N) is 1. The van der Waals surface area contributed by atoms with Crippen LogP contribution in [0.15, 0.2) is 24.3 Å². The minimum absolute atomic E-state index is 0.00342. The average molecular weight is 260 g/mol. The molecule has 19 heavy (non-hydrogen) atoms. The van der Waals surface area contributed by atoms with E-state index in [0.717, 1.165) is 13.0 Å². The van der Waals surface area contributed by atoms with Crippen molar-refractivity contribution in [1.29, 1.82) is 0 Å². The van der Waals surface area contributed by atoms with Gasteiger partial charge in [-0.25, -0.2) is 0 Å². The van der Waals surface area contributed by atoms with E-state index in [0.29, 0.717) is 13.0 Å². The molecule has 1 N–H and O–H groups in total. The maximum atomic E-state index is 12.3. The Balaban J connectivity index is 2.00. The molecule has 1 aromatic carbocycles. The summed E-state index contributed by atoms with van der Waals surface area (Å²) in [6.45, 7) is 4.89. The molecular weight excluding hydrogens is 240 g/mol. The normalized spacial score (nSPS) is 15.6. The highest BCUT2D eigenvalue weighted by molar-refractivity contribution is 5.87. The summed E-state index contributed by atoms with van der Waals surface area (Å²) < 4.78 is 0. The standard InChI is InChI=1S/C15H20N2O2/c1-3-14(18)16-11(2)15(19)17-9-8-12-6-4-5-7-13(12)10-17/h4-7,11H,3,8-10H2,1-2H3,(H,16,18)/t11-/m0/s1. The molecular formula is C15H20N2O2.